The van der Waals surface area contributed by atoms with E-state index >= 15 is 0 Å². The van der Waals surface area contributed by atoms with Crippen molar-refractivity contribution in [3.8, 4) is 0 Å². The van der Waals surface area contributed by atoms with Crippen LogP contribution < -0.4 is 10.2 Å². The lowest BCUT2D eigenvalue weighted by molar-refractivity contribution is -0.152. The van der Waals surface area contributed by atoms with E-state index in [1.54, 1.807) is 12.1 Å². The number of nitrogens with one attached hydrogen (secondary N) is 1. The molecule has 2 fully saturated rings. The van der Waals surface area contributed by atoms with Crippen LogP contribution in [0.15, 0.2) is 72.1 Å². The summed E-state index contributed by atoms with van der Waals surface area (Å²) in [5.74, 6) is -4.05. The number of para-hydroxylation sites is 1. The van der Waals surface area contributed by atoms with Crippen LogP contribution in [0.3, 0.4) is 0 Å². The van der Waals surface area contributed by atoms with E-state index in [-0.39, 0.29) is 19.1 Å². The molecule has 7 nitrogen and oxygen atoms in total. The molecule has 0 radical (unpaired) electrons. The number of anilines is 1. The molecule has 2 saturated heterocycles. The number of rotatable bonds is 7. The van der Waals surface area contributed by atoms with Gasteiger partial charge < -0.3 is 9.84 Å². The summed E-state index contributed by atoms with van der Waals surface area (Å²) >= 11 is 1.43. The Labute approximate surface area is 201 Å². The first-order chi connectivity index (χ1) is 16.4. The number of carboxylic acids is 1. The smallest absolute Gasteiger partial charge is 0.327 e. The van der Waals surface area contributed by atoms with E-state index in [4.69, 9.17) is 4.74 Å². The number of ether oxygens (including phenoxy) is 1. The minimum absolute atomic E-state index is 0.197. The third kappa shape index (κ3) is 3.55. The van der Waals surface area contributed by atoms with Crippen LogP contribution in [0.1, 0.15) is 22.0 Å². The highest BCUT2D eigenvalue weighted by Crippen LogP contribution is 2.51. The molecule has 2 aromatic carbocycles. The van der Waals surface area contributed by atoms with E-state index in [2.05, 4.69) is 5.32 Å². The van der Waals surface area contributed by atoms with Gasteiger partial charge in [-0.15, -0.1) is 11.3 Å². The molecule has 3 heterocycles. The van der Waals surface area contributed by atoms with Crippen LogP contribution >= 0.6 is 11.3 Å². The Morgan fingerprint density at radius 2 is 1.79 bits per heavy atom. The van der Waals surface area contributed by atoms with Crippen LogP contribution in [0.25, 0.3) is 0 Å². The number of carbonyl (C=O) groups is 3. The average molecular weight is 477 g/mol. The Balaban J connectivity index is 1.54. The van der Waals surface area contributed by atoms with E-state index in [0.717, 1.165) is 16.0 Å². The molecular formula is C26H24N2O5S. The number of aryl methyl sites for hydroxylation is 1. The van der Waals surface area contributed by atoms with Gasteiger partial charge in [0, 0.05) is 4.88 Å². The maximum absolute atomic E-state index is 13.8. The van der Waals surface area contributed by atoms with Crippen molar-refractivity contribution < 1.29 is 24.2 Å². The molecule has 3 aromatic rings. The van der Waals surface area contributed by atoms with Crippen molar-refractivity contribution in [3.05, 3.63) is 88.1 Å². The summed E-state index contributed by atoms with van der Waals surface area (Å²) in [7, 11) is 0. The van der Waals surface area contributed by atoms with Gasteiger partial charge in [0.1, 0.15) is 0 Å². The first kappa shape index (κ1) is 22.5. The number of benzene rings is 2. The van der Waals surface area contributed by atoms with Crippen molar-refractivity contribution in [3.63, 3.8) is 0 Å². The normalized spacial score (nSPS) is 26.1. The van der Waals surface area contributed by atoms with Gasteiger partial charge in [-0.2, -0.15) is 0 Å². The third-order valence-corrected chi connectivity index (χ3v) is 7.64. The molecule has 0 aliphatic carbocycles. The SMILES string of the molecule is Cc1ccccc1N1C(=O)C2C(c3cccs3)NC(COCc3ccccc3)(C(=O)O)C2C1=O. The molecule has 174 valence electrons. The summed E-state index contributed by atoms with van der Waals surface area (Å²) in [5.41, 5.74) is 0.410. The van der Waals surface area contributed by atoms with Gasteiger partial charge in [-0.25, -0.2) is 4.90 Å². The molecule has 8 heteroatoms. The third-order valence-electron chi connectivity index (χ3n) is 6.68. The molecule has 0 saturated carbocycles. The number of carboxylic acid groups (broad SMARTS) is 1. The van der Waals surface area contributed by atoms with E-state index in [1.807, 2.05) is 66.9 Å². The number of thiophene rings is 1. The molecule has 5 rings (SSSR count). The molecule has 2 amide bonds. The number of amides is 2. The summed E-state index contributed by atoms with van der Waals surface area (Å²) in [4.78, 5) is 42.2. The second-order valence-corrected chi connectivity index (χ2v) is 9.67. The Kier molecular flexibility index (Phi) is 5.81. The van der Waals surface area contributed by atoms with E-state index in [9.17, 15) is 19.5 Å². The number of nitrogens with zero attached hydrogens (tertiary/aromatic N) is 1. The van der Waals surface area contributed by atoms with Gasteiger partial charge in [0.25, 0.3) is 0 Å². The standard InChI is InChI=1S/C26H24N2O5S/c1-16-8-5-6-11-18(16)28-23(29)20-21(24(28)30)26(25(31)32,27-22(20)19-12-7-13-34-19)15-33-14-17-9-3-2-4-10-17/h2-13,20-22,27H,14-15H2,1H3,(H,31,32). The number of carbonyl (C=O) groups excluding carboxylic acids is 2. The Bertz CT molecular complexity index is 1230. The highest BCUT2D eigenvalue weighted by molar-refractivity contribution is 7.10. The number of imide groups is 1. The van der Waals surface area contributed by atoms with Gasteiger partial charge in [-0.3, -0.25) is 19.7 Å². The van der Waals surface area contributed by atoms with Gasteiger partial charge in [-0.1, -0.05) is 54.6 Å². The van der Waals surface area contributed by atoms with Gasteiger partial charge in [0.15, 0.2) is 5.54 Å². The zero-order valence-corrected chi connectivity index (χ0v) is 19.3. The molecule has 2 aliphatic rings. The zero-order chi connectivity index (χ0) is 23.9. The minimum atomic E-state index is -1.74. The predicted octanol–water partition coefficient (Wildman–Crippen LogP) is 3.55. The second kappa shape index (κ2) is 8.79. The lowest BCUT2D eigenvalue weighted by atomic mass is 9.80. The van der Waals surface area contributed by atoms with Crippen LogP contribution in [0.2, 0.25) is 0 Å². The molecule has 2 aliphatic heterocycles. The fraction of sp³-hybridized carbons (Fsp3) is 0.269. The van der Waals surface area contributed by atoms with Crippen molar-refractivity contribution >= 4 is 34.8 Å². The minimum Gasteiger partial charge on any atom is -0.480 e. The first-order valence-corrected chi connectivity index (χ1v) is 11.9. The molecular weight excluding hydrogens is 452 g/mol. The van der Waals surface area contributed by atoms with Gasteiger partial charge in [-0.05, 0) is 35.6 Å². The fourth-order valence-electron chi connectivity index (χ4n) is 5.06. The molecule has 34 heavy (non-hydrogen) atoms. The van der Waals surface area contributed by atoms with E-state index in [1.165, 1.54) is 16.2 Å². The largest absolute Gasteiger partial charge is 0.480 e. The highest BCUT2D eigenvalue weighted by atomic mass is 32.1. The summed E-state index contributed by atoms with van der Waals surface area (Å²) in [6.45, 7) is 1.77. The van der Waals surface area contributed by atoms with E-state index in [0.29, 0.717) is 5.69 Å². The fourth-order valence-corrected chi connectivity index (χ4v) is 5.89. The van der Waals surface area contributed by atoms with Gasteiger partial charge in [0.05, 0.1) is 36.8 Å². The second-order valence-electron chi connectivity index (χ2n) is 8.69. The highest BCUT2D eigenvalue weighted by Gasteiger charge is 2.69. The summed E-state index contributed by atoms with van der Waals surface area (Å²) in [5, 5.41) is 15.5. The van der Waals surface area contributed by atoms with Crippen LogP contribution in [0.4, 0.5) is 5.69 Å². The Morgan fingerprint density at radius 1 is 1.06 bits per heavy atom. The van der Waals surface area contributed by atoms with Crippen molar-refractivity contribution in [1.29, 1.82) is 0 Å². The molecule has 1 aromatic heterocycles. The van der Waals surface area contributed by atoms with Crippen LogP contribution in [-0.2, 0) is 25.7 Å². The number of aliphatic carboxylic acids is 1. The molecule has 4 atom stereocenters. The monoisotopic (exact) mass is 476 g/mol. The van der Waals surface area contributed by atoms with Crippen molar-refractivity contribution in [2.45, 2.75) is 25.1 Å². The van der Waals surface area contributed by atoms with Crippen molar-refractivity contribution in [1.82, 2.24) is 5.32 Å². The Morgan fingerprint density at radius 3 is 2.47 bits per heavy atom. The lowest BCUT2D eigenvalue weighted by Crippen LogP contribution is -2.59. The molecule has 0 spiro atoms. The maximum Gasteiger partial charge on any atom is 0.327 e. The summed E-state index contributed by atoms with van der Waals surface area (Å²) in [6, 6.07) is 19.7. The first-order valence-electron chi connectivity index (χ1n) is 11.0. The van der Waals surface area contributed by atoms with Crippen LogP contribution in [-0.4, -0.2) is 35.0 Å². The van der Waals surface area contributed by atoms with Crippen molar-refractivity contribution in [2.24, 2.45) is 11.8 Å². The maximum atomic E-state index is 13.8. The van der Waals surface area contributed by atoms with Crippen LogP contribution in [0, 0.1) is 18.8 Å². The topological polar surface area (TPSA) is 95.9 Å². The number of fused-ring (bicyclic) bond motifs is 1. The zero-order valence-electron chi connectivity index (χ0n) is 18.5. The van der Waals surface area contributed by atoms with Gasteiger partial charge in [0.2, 0.25) is 11.8 Å². The summed E-state index contributed by atoms with van der Waals surface area (Å²) in [6.07, 6.45) is 0. The molecule has 2 N–H and O–H groups in total. The number of hydrogen-bond donors (Lipinski definition) is 2. The predicted molar refractivity (Wildman–Crippen MR) is 127 cm³/mol. The average Bonchev–Trinajstić information content (AvgIpc) is 3.53. The molecule has 0 bridgehead atoms. The Hall–Kier alpha value is -3.33. The number of hydrogen-bond acceptors (Lipinski definition) is 6. The van der Waals surface area contributed by atoms with E-state index < -0.39 is 35.3 Å². The summed E-state index contributed by atoms with van der Waals surface area (Å²) < 4.78 is 5.87. The van der Waals surface area contributed by atoms with Gasteiger partial charge >= 0.3 is 5.97 Å². The van der Waals surface area contributed by atoms with Crippen molar-refractivity contribution in [2.75, 3.05) is 11.5 Å². The quantitative estimate of drug-likeness (QED) is 0.507. The van der Waals surface area contributed by atoms with Crippen LogP contribution in [0.5, 0.6) is 0 Å². The lowest BCUT2D eigenvalue weighted by Gasteiger charge is -2.31. The molecule has 4 unspecified atom stereocenters.